The van der Waals surface area contributed by atoms with Crippen molar-refractivity contribution in [3.63, 3.8) is 0 Å². The number of aromatic nitrogens is 2. The lowest BCUT2D eigenvalue weighted by atomic mass is 9.60. The third kappa shape index (κ3) is 4.46. The molecule has 5 rings (SSSR count). The minimum absolute atomic E-state index is 0.0382. The molecule has 2 aromatic carbocycles. The zero-order valence-corrected chi connectivity index (χ0v) is 19.4. The van der Waals surface area contributed by atoms with E-state index in [1.165, 1.54) is 12.4 Å². The predicted molar refractivity (Wildman–Crippen MR) is 124 cm³/mol. The number of rotatable bonds is 6. The van der Waals surface area contributed by atoms with E-state index in [1.807, 2.05) is 30.3 Å². The second-order valence-electron chi connectivity index (χ2n) is 8.45. The first-order valence-electron chi connectivity index (χ1n) is 10.9. The van der Waals surface area contributed by atoms with E-state index >= 15 is 4.39 Å². The average molecular weight is 489 g/mol. The number of thioether (sulfide) groups is 1. The molecule has 33 heavy (non-hydrogen) atoms. The van der Waals surface area contributed by atoms with Gasteiger partial charge >= 0.3 is 0 Å². The van der Waals surface area contributed by atoms with Crippen molar-refractivity contribution in [2.75, 3.05) is 19.0 Å². The monoisotopic (exact) mass is 488 g/mol. The van der Waals surface area contributed by atoms with Crippen molar-refractivity contribution >= 4 is 23.4 Å². The van der Waals surface area contributed by atoms with Crippen LogP contribution < -0.4 is 4.74 Å². The van der Waals surface area contributed by atoms with Crippen LogP contribution in [0.1, 0.15) is 24.0 Å². The van der Waals surface area contributed by atoms with Crippen LogP contribution in [0.15, 0.2) is 60.0 Å². The van der Waals surface area contributed by atoms with Gasteiger partial charge in [0.1, 0.15) is 12.1 Å². The van der Waals surface area contributed by atoms with E-state index in [0.29, 0.717) is 30.0 Å². The summed E-state index contributed by atoms with van der Waals surface area (Å²) in [6.45, 7) is 0.756. The molecule has 0 saturated carbocycles. The Bertz CT molecular complexity index is 1120. The molecule has 172 valence electrons. The van der Waals surface area contributed by atoms with Crippen LogP contribution in [-0.2, 0) is 16.6 Å². The van der Waals surface area contributed by atoms with Crippen LogP contribution in [0.5, 0.6) is 5.75 Å². The molecule has 8 heteroatoms. The van der Waals surface area contributed by atoms with Gasteiger partial charge in [0, 0.05) is 40.5 Å². The highest BCUT2D eigenvalue weighted by Gasteiger charge is 2.53. The second-order valence-corrected chi connectivity index (χ2v) is 10.0. The summed E-state index contributed by atoms with van der Waals surface area (Å²) in [5, 5.41) is 1.54. The highest BCUT2D eigenvalue weighted by Crippen LogP contribution is 2.53. The summed E-state index contributed by atoms with van der Waals surface area (Å²) in [5.74, 6) is -0.245. The second kappa shape index (κ2) is 9.57. The first kappa shape index (κ1) is 22.6. The van der Waals surface area contributed by atoms with Gasteiger partial charge in [-0.1, -0.05) is 23.7 Å². The van der Waals surface area contributed by atoms with Crippen LogP contribution >= 0.6 is 23.4 Å². The van der Waals surface area contributed by atoms with Crippen molar-refractivity contribution < 1.29 is 18.3 Å². The van der Waals surface area contributed by atoms with Gasteiger partial charge in [-0.25, -0.2) is 18.7 Å². The lowest BCUT2D eigenvalue weighted by Gasteiger charge is -2.51. The molecule has 0 radical (unpaired) electrons. The van der Waals surface area contributed by atoms with Gasteiger partial charge in [0.2, 0.25) is 0 Å². The van der Waals surface area contributed by atoms with Gasteiger partial charge in [0.05, 0.1) is 17.7 Å². The number of halogens is 3. The number of nitrogens with zero attached hydrogens (tertiary/aromatic N) is 2. The number of hydrogen-bond acceptors (Lipinski definition) is 5. The number of fused-ring (bicyclic) bond motifs is 3. The molecule has 2 aliphatic heterocycles. The molecular weight excluding hydrogens is 466 g/mol. The van der Waals surface area contributed by atoms with Crippen molar-refractivity contribution in [3.05, 3.63) is 82.8 Å². The SMILES string of the molecule is Fc1ccc(F)c2c1OC[C@H]1[C@H](CCSc3ccncn3)OCC[C@@]21Cc1ccc(Cl)cc1. The Hall–Kier alpha value is -2.22. The Morgan fingerprint density at radius 1 is 1.09 bits per heavy atom. The minimum Gasteiger partial charge on any atom is -0.490 e. The molecule has 0 N–H and O–H groups in total. The van der Waals surface area contributed by atoms with Gasteiger partial charge in [0.15, 0.2) is 11.6 Å². The lowest BCUT2D eigenvalue weighted by Crippen LogP contribution is -2.55. The highest BCUT2D eigenvalue weighted by atomic mass is 35.5. The van der Waals surface area contributed by atoms with Crippen LogP contribution in [0.4, 0.5) is 8.78 Å². The molecule has 4 nitrogen and oxygen atoms in total. The molecule has 3 aromatic rings. The van der Waals surface area contributed by atoms with E-state index in [-0.39, 0.29) is 24.4 Å². The average Bonchev–Trinajstić information content (AvgIpc) is 2.83. The molecule has 0 spiro atoms. The highest BCUT2D eigenvalue weighted by molar-refractivity contribution is 7.99. The minimum atomic E-state index is -0.629. The molecule has 0 bridgehead atoms. The first-order valence-corrected chi connectivity index (χ1v) is 12.3. The van der Waals surface area contributed by atoms with Crippen LogP contribution in [0.2, 0.25) is 5.02 Å². The Morgan fingerprint density at radius 3 is 2.70 bits per heavy atom. The zero-order valence-electron chi connectivity index (χ0n) is 17.8. The van der Waals surface area contributed by atoms with Gasteiger partial charge in [-0.05, 0) is 55.2 Å². The topological polar surface area (TPSA) is 44.2 Å². The van der Waals surface area contributed by atoms with Crippen molar-refractivity contribution in [3.8, 4) is 5.75 Å². The summed E-state index contributed by atoms with van der Waals surface area (Å²) >= 11 is 7.72. The summed E-state index contributed by atoms with van der Waals surface area (Å²) in [6, 6.07) is 11.8. The summed E-state index contributed by atoms with van der Waals surface area (Å²) in [7, 11) is 0. The Labute approximate surface area is 200 Å². The van der Waals surface area contributed by atoms with E-state index in [9.17, 15) is 4.39 Å². The maximum Gasteiger partial charge on any atom is 0.165 e. The van der Waals surface area contributed by atoms with Crippen molar-refractivity contribution in [2.24, 2.45) is 5.92 Å². The third-order valence-electron chi connectivity index (χ3n) is 6.64. The molecule has 0 unspecified atom stereocenters. The van der Waals surface area contributed by atoms with Crippen LogP contribution in [0.3, 0.4) is 0 Å². The van der Waals surface area contributed by atoms with Crippen LogP contribution in [0.25, 0.3) is 0 Å². The largest absolute Gasteiger partial charge is 0.490 e. The first-order chi connectivity index (χ1) is 16.1. The molecule has 1 saturated heterocycles. The van der Waals surface area contributed by atoms with Gasteiger partial charge in [-0.2, -0.15) is 0 Å². The van der Waals surface area contributed by atoms with Crippen molar-refractivity contribution in [1.29, 1.82) is 0 Å². The summed E-state index contributed by atoms with van der Waals surface area (Å²) in [5.41, 5.74) is 0.734. The van der Waals surface area contributed by atoms with E-state index in [2.05, 4.69) is 9.97 Å². The Balaban J connectivity index is 1.48. The standard InChI is InChI=1S/C25H23ClF2N2O2S/c26-17-3-1-16(2-4-17)13-25-9-11-31-21(8-12-33-22-7-10-29-15-30-22)18(25)14-32-24-20(28)6-5-19(27)23(24)25/h1-7,10,15,18,21H,8-9,11-14H2/t18-,21-,25-/m0/s1. The van der Waals surface area contributed by atoms with E-state index in [0.717, 1.165) is 28.8 Å². The molecular formula is C25H23ClF2N2O2S. The lowest BCUT2D eigenvalue weighted by molar-refractivity contribution is -0.0961. The molecule has 0 aliphatic carbocycles. The van der Waals surface area contributed by atoms with Crippen LogP contribution in [0, 0.1) is 17.6 Å². The summed E-state index contributed by atoms with van der Waals surface area (Å²) < 4.78 is 42.0. The van der Waals surface area contributed by atoms with Crippen molar-refractivity contribution in [2.45, 2.75) is 35.8 Å². The molecule has 3 atom stereocenters. The molecule has 1 fully saturated rings. The van der Waals surface area contributed by atoms with E-state index in [1.54, 1.807) is 18.0 Å². The Morgan fingerprint density at radius 2 is 1.91 bits per heavy atom. The number of benzene rings is 2. The maximum atomic E-state index is 15.3. The zero-order chi connectivity index (χ0) is 22.8. The molecule has 0 amide bonds. The van der Waals surface area contributed by atoms with Gasteiger partial charge in [0.25, 0.3) is 0 Å². The Kier molecular flexibility index (Phi) is 6.54. The molecule has 2 aliphatic rings. The molecule has 1 aromatic heterocycles. The fourth-order valence-electron chi connectivity index (χ4n) is 5.14. The summed E-state index contributed by atoms with van der Waals surface area (Å²) in [6.07, 6.45) is 5.00. The van der Waals surface area contributed by atoms with Crippen molar-refractivity contribution in [1.82, 2.24) is 9.97 Å². The van der Waals surface area contributed by atoms with E-state index < -0.39 is 17.0 Å². The fourth-order valence-corrected chi connectivity index (χ4v) is 6.10. The van der Waals surface area contributed by atoms with Gasteiger partial charge < -0.3 is 9.47 Å². The predicted octanol–water partition coefficient (Wildman–Crippen LogP) is 5.87. The van der Waals surface area contributed by atoms with Crippen LogP contribution in [-0.4, -0.2) is 35.0 Å². The quantitative estimate of drug-likeness (QED) is 0.321. The number of ether oxygens (including phenoxy) is 2. The fraction of sp³-hybridized carbons (Fsp3) is 0.360. The van der Waals surface area contributed by atoms with E-state index in [4.69, 9.17) is 21.1 Å². The third-order valence-corrected chi connectivity index (χ3v) is 7.87. The normalized spacial score (nSPS) is 24.0. The van der Waals surface area contributed by atoms with Gasteiger partial charge in [-0.3, -0.25) is 0 Å². The number of hydrogen-bond donors (Lipinski definition) is 0. The summed E-state index contributed by atoms with van der Waals surface area (Å²) in [4.78, 5) is 8.20. The smallest absolute Gasteiger partial charge is 0.165 e. The maximum absolute atomic E-state index is 15.3. The van der Waals surface area contributed by atoms with Gasteiger partial charge in [-0.15, -0.1) is 11.8 Å². The molecule has 3 heterocycles.